The van der Waals surface area contributed by atoms with Crippen LogP contribution in [0, 0.1) is 5.82 Å². The first-order chi connectivity index (χ1) is 4.74. The summed E-state index contributed by atoms with van der Waals surface area (Å²) >= 11 is 5.50. The van der Waals surface area contributed by atoms with Crippen molar-refractivity contribution in [2.24, 2.45) is 0 Å². The Balaban J connectivity index is 3.09. The van der Waals surface area contributed by atoms with Crippen molar-refractivity contribution in [1.82, 2.24) is 0 Å². The smallest absolute Gasteiger partial charge is 0.329 e. The lowest BCUT2D eigenvalue weighted by Gasteiger charge is -1.95. The third-order valence-electron chi connectivity index (χ3n) is 1.10. The number of hydrogen-bond donors (Lipinski definition) is 1. The molecule has 0 atom stereocenters. The molecule has 0 bridgehead atoms. The van der Waals surface area contributed by atoms with Crippen molar-refractivity contribution < 1.29 is 9.41 Å². The standard InChI is InChI=1S/C6H4BClFO/c8-4-1-2-6(9)5(3-4)7-10/h1-3,10H. The van der Waals surface area contributed by atoms with Gasteiger partial charge in [0.1, 0.15) is 5.82 Å². The topological polar surface area (TPSA) is 20.2 Å². The molecule has 0 spiro atoms. The molecular formula is C6H4BClFO. The minimum atomic E-state index is -0.480. The highest BCUT2D eigenvalue weighted by atomic mass is 35.5. The fourth-order valence-corrected chi connectivity index (χ4v) is 0.794. The van der Waals surface area contributed by atoms with Crippen LogP contribution in [-0.2, 0) is 0 Å². The third-order valence-corrected chi connectivity index (χ3v) is 1.33. The molecule has 0 fully saturated rings. The Morgan fingerprint density at radius 2 is 2.20 bits per heavy atom. The van der Waals surface area contributed by atoms with E-state index in [-0.39, 0.29) is 5.46 Å². The molecule has 0 saturated heterocycles. The Bertz CT molecular complexity index is 241. The average Bonchev–Trinajstić information content (AvgIpc) is 1.94. The monoisotopic (exact) mass is 157 g/mol. The zero-order valence-corrected chi connectivity index (χ0v) is 5.77. The molecule has 1 rings (SSSR count). The number of hydrogen-bond acceptors (Lipinski definition) is 1. The fraction of sp³-hybridized carbons (Fsp3) is 0. The lowest BCUT2D eigenvalue weighted by molar-refractivity contribution is 0.602. The van der Waals surface area contributed by atoms with Gasteiger partial charge in [-0.25, -0.2) is 4.39 Å². The van der Waals surface area contributed by atoms with Gasteiger partial charge in [-0.05, 0) is 23.7 Å². The van der Waals surface area contributed by atoms with Gasteiger partial charge in [0.25, 0.3) is 0 Å². The molecule has 4 heteroatoms. The molecule has 0 amide bonds. The summed E-state index contributed by atoms with van der Waals surface area (Å²) in [5.74, 6) is -0.480. The van der Waals surface area contributed by atoms with E-state index in [1.165, 1.54) is 18.2 Å². The normalized spacial score (nSPS) is 9.50. The largest absolute Gasteiger partial charge is 0.450 e. The van der Waals surface area contributed by atoms with Crippen LogP contribution in [0.25, 0.3) is 0 Å². The van der Waals surface area contributed by atoms with Crippen molar-refractivity contribution in [1.29, 1.82) is 0 Å². The number of rotatable bonds is 1. The van der Waals surface area contributed by atoms with Crippen molar-refractivity contribution >= 4 is 24.5 Å². The maximum Gasteiger partial charge on any atom is 0.329 e. The van der Waals surface area contributed by atoms with Gasteiger partial charge in [-0.2, -0.15) is 0 Å². The Kier molecular flexibility index (Phi) is 2.30. The Hall–Kier alpha value is -0.535. The third kappa shape index (κ3) is 1.49. The molecule has 1 nitrogen and oxygen atoms in total. The fourth-order valence-electron chi connectivity index (χ4n) is 0.614. The summed E-state index contributed by atoms with van der Waals surface area (Å²) in [4.78, 5) is 0. The van der Waals surface area contributed by atoms with Crippen LogP contribution in [0.15, 0.2) is 18.2 Å². The van der Waals surface area contributed by atoms with Gasteiger partial charge in [-0.3, -0.25) is 0 Å². The van der Waals surface area contributed by atoms with Crippen LogP contribution in [-0.4, -0.2) is 12.5 Å². The first-order valence-corrected chi connectivity index (χ1v) is 3.04. The highest BCUT2D eigenvalue weighted by Crippen LogP contribution is 2.05. The van der Waals surface area contributed by atoms with Crippen LogP contribution in [0.4, 0.5) is 4.39 Å². The maximum absolute atomic E-state index is 12.5. The van der Waals surface area contributed by atoms with Crippen LogP contribution in [0.3, 0.4) is 0 Å². The first-order valence-electron chi connectivity index (χ1n) is 2.66. The van der Waals surface area contributed by atoms with E-state index in [2.05, 4.69) is 0 Å². The first kappa shape index (κ1) is 7.57. The van der Waals surface area contributed by atoms with Gasteiger partial charge in [-0.1, -0.05) is 11.6 Å². The van der Waals surface area contributed by atoms with Gasteiger partial charge in [-0.15, -0.1) is 0 Å². The van der Waals surface area contributed by atoms with Crippen molar-refractivity contribution in [3.05, 3.63) is 29.0 Å². The summed E-state index contributed by atoms with van der Waals surface area (Å²) in [5, 5.41) is 8.82. The second-order valence-corrected chi connectivity index (χ2v) is 2.23. The van der Waals surface area contributed by atoms with Gasteiger partial charge >= 0.3 is 7.48 Å². The summed E-state index contributed by atoms with van der Waals surface area (Å²) in [6.45, 7) is 0. The summed E-state index contributed by atoms with van der Waals surface area (Å²) in [7, 11) is 0.682. The molecule has 1 N–H and O–H groups in total. The van der Waals surface area contributed by atoms with E-state index >= 15 is 0 Å². The van der Waals surface area contributed by atoms with E-state index in [1.54, 1.807) is 0 Å². The molecule has 1 aromatic carbocycles. The minimum Gasteiger partial charge on any atom is -0.450 e. The van der Waals surface area contributed by atoms with E-state index in [4.69, 9.17) is 16.6 Å². The van der Waals surface area contributed by atoms with E-state index in [1.807, 2.05) is 0 Å². The van der Waals surface area contributed by atoms with Crippen LogP contribution >= 0.6 is 11.6 Å². The molecule has 51 valence electrons. The zero-order valence-electron chi connectivity index (χ0n) is 5.01. The summed E-state index contributed by atoms with van der Waals surface area (Å²) in [6, 6.07) is 3.96. The van der Waals surface area contributed by atoms with Crippen molar-refractivity contribution in [3.63, 3.8) is 0 Å². The predicted molar refractivity (Wildman–Crippen MR) is 39.0 cm³/mol. The van der Waals surface area contributed by atoms with Gasteiger partial charge in [0.2, 0.25) is 0 Å². The van der Waals surface area contributed by atoms with E-state index in [0.717, 1.165) is 0 Å². The minimum absolute atomic E-state index is 0.104. The molecular weight excluding hydrogens is 153 g/mol. The van der Waals surface area contributed by atoms with Crippen LogP contribution < -0.4 is 5.46 Å². The Morgan fingerprint density at radius 3 is 2.70 bits per heavy atom. The second kappa shape index (κ2) is 3.04. The van der Waals surface area contributed by atoms with Crippen molar-refractivity contribution in [2.45, 2.75) is 0 Å². The molecule has 0 unspecified atom stereocenters. The van der Waals surface area contributed by atoms with Gasteiger partial charge < -0.3 is 5.02 Å². The lowest BCUT2D eigenvalue weighted by Crippen LogP contribution is -2.17. The number of benzene rings is 1. The highest BCUT2D eigenvalue weighted by Gasteiger charge is 2.01. The zero-order chi connectivity index (χ0) is 7.56. The van der Waals surface area contributed by atoms with E-state index < -0.39 is 5.82 Å². The molecule has 0 aliphatic heterocycles. The van der Waals surface area contributed by atoms with Crippen molar-refractivity contribution in [3.8, 4) is 0 Å². The lowest BCUT2D eigenvalue weighted by atomic mass is 9.88. The van der Waals surface area contributed by atoms with Crippen molar-refractivity contribution in [2.75, 3.05) is 0 Å². The van der Waals surface area contributed by atoms with Crippen LogP contribution in [0.1, 0.15) is 0 Å². The maximum atomic E-state index is 12.5. The molecule has 1 radical (unpaired) electrons. The average molecular weight is 157 g/mol. The second-order valence-electron chi connectivity index (χ2n) is 1.79. The quantitative estimate of drug-likeness (QED) is 0.596. The van der Waals surface area contributed by atoms with E-state index in [0.29, 0.717) is 12.5 Å². The van der Waals surface area contributed by atoms with E-state index in [9.17, 15) is 4.39 Å². The molecule has 0 aliphatic rings. The number of halogens is 2. The predicted octanol–water partition coefficient (Wildman–Crippen LogP) is 0.716. The SMILES string of the molecule is O[B]c1cc(Cl)ccc1F. The molecule has 1 aromatic rings. The van der Waals surface area contributed by atoms with Crippen LogP contribution in [0.5, 0.6) is 0 Å². The van der Waals surface area contributed by atoms with Gasteiger partial charge in [0.05, 0.1) is 0 Å². The summed E-state index contributed by atoms with van der Waals surface area (Å²) in [5.41, 5.74) is 0.104. The summed E-state index contributed by atoms with van der Waals surface area (Å²) in [6.07, 6.45) is 0. The molecule has 0 aromatic heterocycles. The molecule has 10 heavy (non-hydrogen) atoms. The van der Waals surface area contributed by atoms with Gasteiger partial charge in [0.15, 0.2) is 0 Å². The van der Waals surface area contributed by atoms with Crippen LogP contribution in [0.2, 0.25) is 5.02 Å². The van der Waals surface area contributed by atoms with Gasteiger partial charge in [0, 0.05) is 5.02 Å². The molecule has 0 saturated carbocycles. The Morgan fingerprint density at radius 1 is 1.50 bits per heavy atom. The Labute approximate surface area is 63.7 Å². The molecule has 0 heterocycles. The summed E-state index contributed by atoms with van der Waals surface area (Å²) < 4.78 is 12.5. The molecule has 0 aliphatic carbocycles. The highest BCUT2D eigenvalue weighted by molar-refractivity contribution is 6.46.